The molecule has 2 N–H and O–H groups in total. The molecule has 0 fully saturated rings. The van der Waals surface area contributed by atoms with E-state index in [1.807, 2.05) is 39.0 Å². The first-order valence-electron chi connectivity index (χ1n) is 7.11. The van der Waals surface area contributed by atoms with Gasteiger partial charge in [-0.3, -0.25) is 4.79 Å². The number of aromatic hydroxyl groups is 1. The zero-order chi connectivity index (χ0) is 16.3. The molecule has 0 saturated heterocycles. The predicted molar refractivity (Wildman–Crippen MR) is 88.4 cm³/mol. The van der Waals surface area contributed by atoms with Gasteiger partial charge in [-0.15, -0.1) is 0 Å². The lowest BCUT2D eigenvalue weighted by Gasteiger charge is -2.08. The van der Waals surface area contributed by atoms with Crippen LogP contribution in [0.3, 0.4) is 0 Å². The molecule has 114 valence electrons. The molecule has 0 spiro atoms. The first kappa shape index (κ1) is 15.8. The summed E-state index contributed by atoms with van der Waals surface area (Å²) in [5.41, 5.74) is 7.33. The Morgan fingerprint density at radius 1 is 1.05 bits per heavy atom. The molecule has 0 aliphatic carbocycles. The van der Waals surface area contributed by atoms with Crippen LogP contribution in [0.2, 0.25) is 0 Å². The van der Waals surface area contributed by atoms with Crippen molar-refractivity contribution in [2.75, 3.05) is 0 Å². The molecule has 2 aromatic carbocycles. The first-order chi connectivity index (χ1) is 10.4. The molecule has 0 unspecified atom stereocenters. The SMILES string of the molecule is C/C(=N\NC(=O)c1cccc(C)c1O)c1cc(C)ccc1C. The monoisotopic (exact) mass is 296 g/mol. The van der Waals surface area contributed by atoms with Gasteiger partial charge in [0.15, 0.2) is 0 Å². The summed E-state index contributed by atoms with van der Waals surface area (Å²) < 4.78 is 0. The molecule has 4 nitrogen and oxygen atoms in total. The van der Waals surface area contributed by atoms with Crippen molar-refractivity contribution in [1.29, 1.82) is 0 Å². The number of hydrogen-bond acceptors (Lipinski definition) is 3. The van der Waals surface area contributed by atoms with Gasteiger partial charge in [-0.25, -0.2) is 5.43 Å². The average molecular weight is 296 g/mol. The van der Waals surface area contributed by atoms with Crippen LogP contribution in [0.4, 0.5) is 0 Å². The highest BCUT2D eigenvalue weighted by molar-refractivity contribution is 6.02. The zero-order valence-corrected chi connectivity index (χ0v) is 13.3. The number of hydrazone groups is 1. The molecule has 0 radical (unpaired) electrons. The Bertz CT molecular complexity index is 749. The van der Waals surface area contributed by atoms with Gasteiger partial charge in [0.2, 0.25) is 0 Å². The Morgan fingerprint density at radius 3 is 2.50 bits per heavy atom. The van der Waals surface area contributed by atoms with Crippen LogP contribution in [-0.2, 0) is 0 Å². The van der Waals surface area contributed by atoms with E-state index in [-0.39, 0.29) is 11.3 Å². The maximum Gasteiger partial charge on any atom is 0.275 e. The summed E-state index contributed by atoms with van der Waals surface area (Å²) in [5.74, 6) is -0.439. The largest absolute Gasteiger partial charge is 0.507 e. The number of para-hydroxylation sites is 1. The number of phenolic OH excluding ortho intramolecular Hbond substituents is 1. The minimum atomic E-state index is -0.425. The number of phenols is 1. The van der Waals surface area contributed by atoms with Crippen molar-refractivity contribution in [3.8, 4) is 5.75 Å². The van der Waals surface area contributed by atoms with Crippen molar-refractivity contribution in [3.05, 3.63) is 64.2 Å². The second kappa shape index (κ2) is 6.43. The van der Waals surface area contributed by atoms with E-state index in [1.54, 1.807) is 25.1 Å². The molecule has 0 aliphatic heterocycles. The number of nitrogens with one attached hydrogen (secondary N) is 1. The van der Waals surface area contributed by atoms with Crippen molar-refractivity contribution in [2.24, 2.45) is 5.10 Å². The Hall–Kier alpha value is -2.62. The number of nitrogens with zero attached hydrogens (tertiary/aromatic N) is 1. The maximum atomic E-state index is 12.1. The van der Waals surface area contributed by atoms with Crippen LogP contribution >= 0.6 is 0 Å². The van der Waals surface area contributed by atoms with Crippen LogP contribution in [0.5, 0.6) is 5.75 Å². The summed E-state index contributed by atoms with van der Waals surface area (Å²) in [5, 5.41) is 14.1. The van der Waals surface area contributed by atoms with Crippen LogP contribution in [0.15, 0.2) is 41.5 Å². The van der Waals surface area contributed by atoms with Gasteiger partial charge in [0.25, 0.3) is 5.91 Å². The van der Waals surface area contributed by atoms with Crippen LogP contribution in [0, 0.1) is 20.8 Å². The smallest absolute Gasteiger partial charge is 0.275 e. The third-order valence-corrected chi connectivity index (χ3v) is 3.59. The number of amides is 1. The van der Waals surface area contributed by atoms with E-state index >= 15 is 0 Å². The van der Waals surface area contributed by atoms with Crippen LogP contribution in [0.1, 0.15) is 39.5 Å². The number of rotatable bonds is 3. The van der Waals surface area contributed by atoms with Crippen LogP contribution < -0.4 is 5.43 Å². The van der Waals surface area contributed by atoms with Crippen molar-refractivity contribution >= 4 is 11.6 Å². The Morgan fingerprint density at radius 2 is 1.77 bits per heavy atom. The molecule has 0 saturated carbocycles. The van der Waals surface area contributed by atoms with E-state index in [0.717, 1.165) is 22.4 Å². The number of carbonyl (C=O) groups excluding carboxylic acids is 1. The molecule has 0 atom stereocenters. The number of aryl methyl sites for hydroxylation is 3. The molecule has 0 heterocycles. The third-order valence-electron chi connectivity index (χ3n) is 3.59. The average Bonchev–Trinajstić information content (AvgIpc) is 2.49. The fourth-order valence-electron chi connectivity index (χ4n) is 2.22. The van der Waals surface area contributed by atoms with Gasteiger partial charge >= 0.3 is 0 Å². The highest BCUT2D eigenvalue weighted by atomic mass is 16.3. The van der Waals surface area contributed by atoms with E-state index in [9.17, 15) is 9.90 Å². The second-order valence-corrected chi connectivity index (χ2v) is 5.43. The molecular weight excluding hydrogens is 276 g/mol. The van der Waals surface area contributed by atoms with E-state index in [4.69, 9.17) is 0 Å². The number of carbonyl (C=O) groups is 1. The normalized spacial score (nSPS) is 11.4. The van der Waals surface area contributed by atoms with Crippen molar-refractivity contribution in [1.82, 2.24) is 5.43 Å². The predicted octanol–water partition coefficient (Wildman–Crippen LogP) is 3.47. The van der Waals surface area contributed by atoms with Gasteiger partial charge in [0.05, 0.1) is 11.3 Å². The molecule has 0 aromatic heterocycles. The zero-order valence-electron chi connectivity index (χ0n) is 13.3. The lowest BCUT2D eigenvalue weighted by molar-refractivity contribution is 0.0952. The highest BCUT2D eigenvalue weighted by Crippen LogP contribution is 2.21. The van der Waals surface area contributed by atoms with Crippen molar-refractivity contribution in [3.63, 3.8) is 0 Å². The lowest BCUT2D eigenvalue weighted by atomic mass is 10.0. The second-order valence-electron chi connectivity index (χ2n) is 5.43. The molecule has 0 aliphatic rings. The first-order valence-corrected chi connectivity index (χ1v) is 7.11. The standard InChI is InChI=1S/C18H20N2O2/c1-11-8-9-12(2)16(10-11)14(4)19-20-18(22)15-7-5-6-13(3)17(15)21/h5-10,21H,1-4H3,(H,20,22)/b19-14+. The topological polar surface area (TPSA) is 61.7 Å². The number of hydrogen-bond donors (Lipinski definition) is 2. The molecule has 22 heavy (non-hydrogen) atoms. The fourth-order valence-corrected chi connectivity index (χ4v) is 2.22. The maximum absolute atomic E-state index is 12.1. The van der Waals surface area contributed by atoms with E-state index in [1.165, 1.54) is 0 Å². The Kier molecular flexibility index (Phi) is 4.61. The minimum Gasteiger partial charge on any atom is -0.507 e. The molecular formula is C18H20N2O2. The Labute approximate surface area is 130 Å². The summed E-state index contributed by atoms with van der Waals surface area (Å²) in [6, 6.07) is 11.1. The quantitative estimate of drug-likeness (QED) is 0.673. The van der Waals surface area contributed by atoms with Crippen LogP contribution in [-0.4, -0.2) is 16.7 Å². The van der Waals surface area contributed by atoms with Crippen molar-refractivity contribution in [2.45, 2.75) is 27.7 Å². The van der Waals surface area contributed by atoms with Gasteiger partial charge in [-0.1, -0.05) is 29.8 Å². The van der Waals surface area contributed by atoms with Crippen molar-refractivity contribution < 1.29 is 9.90 Å². The summed E-state index contributed by atoms with van der Waals surface area (Å²) >= 11 is 0. The van der Waals surface area contributed by atoms with Gasteiger partial charge in [0, 0.05) is 5.56 Å². The molecule has 1 amide bonds. The highest BCUT2D eigenvalue weighted by Gasteiger charge is 2.12. The molecule has 2 aromatic rings. The molecule has 2 rings (SSSR count). The van der Waals surface area contributed by atoms with Gasteiger partial charge in [-0.05, 0) is 51.0 Å². The van der Waals surface area contributed by atoms with Gasteiger partial charge in [-0.2, -0.15) is 5.10 Å². The fraction of sp³-hybridized carbons (Fsp3) is 0.222. The lowest BCUT2D eigenvalue weighted by Crippen LogP contribution is -2.20. The van der Waals surface area contributed by atoms with E-state index in [0.29, 0.717) is 5.56 Å². The molecule has 4 heteroatoms. The van der Waals surface area contributed by atoms with Gasteiger partial charge in [0.1, 0.15) is 5.75 Å². The van der Waals surface area contributed by atoms with E-state index < -0.39 is 5.91 Å². The Balaban J connectivity index is 2.22. The third kappa shape index (κ3) is 3.34. The van der Waals surface area contributed by atoms with Gasteiger partial charge < -0.3 is 5.11 Å². The van der Waals surface area contributed by atoms with E-state index in [2.05, 4.69) is 10.5 Å². The summed E-state index contributed by atoms with van der Waals surface area (Å²) in [6.07, 6.45) is 0. The molecule has 0 bridgehead atoms. The summed E-state index contributed by atoms with van der Waals surface area (Å²) in [4.78, 5) is 12.1. The number of benzene rings is 2. The summed E-state index contributed by atoms with van der Waals surface area (Å²) in [7, 11) is 0. The summed E-state index contributed by atoms with van der Waals surface area (Å²) in [6.45, 7) is 7.61. The minimum absolute atomic E-state index is 0.0143. The van der Waals surface area contributed by atoms with Crippen LogP contribution in [0.25, 0.3) is 0 Å².